The van der Waals surface area contributed by atoms with E-state index >= 15 is 0 Å². The second kappa shape index (κ2) is 17.3. The number of fused-ring (bicyclic) bond motifs is 1. The molecule has 0 bridgehead atoms. The molecule has 16 heteroatoms. The van der Waals surface area contributed by atoms with Crippen LogP contribution in [-0.2, 0) is 25.5 Å². The highest BCUT2D eigenvalue weighted by atomic mass is 32.2. The van der Waals surface area contributed by atoms with Crippen molar-refractivity contribution in [3.8, 4) is 21.7 Å². The van der Waals surface area contributed by atoms with Gasteiger partial charge >= 0.3 is 12.2 Å². The second-order valence-electron chi connectivity index (χ2n) is 15.4. The van der Waals surface area contributed by atoms with E-state index in [4.69, 9.17) is 19.4 Å². The minimum atomic E-state index is -0.873. The molecule has 5 aromatic rings. The summed E-state index contributed by atoms with van der Waals surface area (Å²) < 4.78 is 9.61. The van der Waals surface area contributed by atoms with Crippen LogP contribution in [0.25, 0.3) is 21.7 Å². The highest BCUT2D eigenvalue weighted by Crippen LogP contribution is 2.51. The van der Waals surface area contributed by atoms with Gasteiger partial charge in [-0.1, -0.05) is 68.4 Å². The number of likely N-dealkylation sites (tertiary alicyclic amines) is 2. The number of H-pyrrole nitrogens is 2. The Morgan fingerprint density at radius 1 is 0.797 bits per heavy atom. The number of methoxy groups -OCH3 is 2. The van der Waals surface area contributed by atoms with Crippen molar-refractivity contribution in [3.05, 3.63) is 101 Å². The molecule has 3 aliphatic rings. The van der Waals surface area contributed by atoms with Gasteiger partial charge in [0.15, 0.2) is 0 Å². The first-order valence-corrected chi connectivity index (χ1v) is 21.7. The van der Waals surface area contributed by atoms with Crippen LogP contribution < -0.4 is 10.6 Å². The Labute approximate surface area is 350 Å². The van der Waals surface area contributed by atoms with Crippen LogP contribution in [0.15, 0.2) is 78.0 Å². The second-order valence-corrected chi connectivity index (χ2v) is 17.8. The summed E-state index contributed by atoms with van der Waals surface area (Å²) in [7, 11) is 2.58. The molecule has 8 rings (SSSR count). The molecule has 14 nitrogen and oxygen atoms in total. The number of benzene rings is 2. The van der Waals surface area contributed by atoms with Crippen LogP contribution in [0.4, 0.5) is 9.59 Å². The molecule has 3 aliphatic heterocycles. The maximum Gasteiger partial charge on any atom is 0.407 e. The molecular formula is C43H48N8O6S2. The molecule has 5 atom stereocenters. The third-order valence-electron chi connectivity index (χ3n) is 11.4. The number of carbonyl (C=O) groups is 4. The van der Waals surface area contributed by atoms with Crippen molar-refractivity contribution in [3.63, 3.8) is 0 Å². The van der Waals surface area contributed by atoms with Crippen molar-refractivity contribution in [2.45, 2.75) is 80.3 Å². The van der Waals surface area contributed by atoms with Crippen LogP contribution in [0.1, 0.15) is 90.7 Å². The van der Waals surface area contributed by atoms with Gasteiger partial charge in [0.1, 0.15) is 23.7 Å². The van der Waals surface area contributed by atoms with E-state index in [2.05, 4.69) is 50.9 Å². The predicted octanol–water partition coefficient (Wildman–Crippen LogP) is 7.72. The summed E-state index contributed by atoms with van der Waals surface area (Å²) in [4.78, 5) is 75.7. The van der Waals surface area contributed by atoms with Gasteiger partial charge in [-0.25, -0.2) is 19.6 Å². The normalized spacial score (nSPS) is 19.7. The van der Waals surface area contributed by atoms with E-state index in [1.807, 2.05) is 84.6 Å². The zero-order chi connectivity index (χ0) is 41.2. The lowest BCUT2D eigenvalue weighted by atomic mass is 10.0. The van der Waals surface area contributed by atoms with Crippen LogP contribution in [0.2, 0.25) is 0 Å². The smallest absolute Gasteiger partial charge is 0.407 e. The number of thiophene rings is 1. The molecule has 3 aromatic heterocycles. The van der Waals surface area contributed by atoms with Crippen molar-refractivity contribution in [2.24, 2.45) is 5.92 Å². The molecule has 2 fully saturated rings. The number of nitrogens with zero attached hydrogens (tertiary/aromatic N) is 4. The maximum absolute atomic E-state index is 13.9. The van der Waals surface area contributed by atoms with Gasteiger partial charge in [0.2, 0.25) is 5.91 Å². The summed E-state index contributed by atoms with van der Waals surface area (Å²) in [6, 6.07) is 18.0. The largest absolute Gasteiger partial charge is 0.453 e. The van der Waals surface area contributed by atoms with Crippen LogP contribution in [0.5, 0.6) is 0 Å². The van der Waals surface area contributed by atoms with Crippen molar-refractivity contribution in [1.82, 2.24) is 40.4 Å². The Balaban J connectivity index is 0.903. The highest BCUT2D eigenvalue weighted by Gasteiger charge is 2.39. The molecule has 0 spiro atoms. The number of amides is 4. The lowest BCUT2D eigenvalue weighted by Gasteiger charge is -2.30. The summed E-state index contributed by atoms with van der Waals surface area (Å²) in [5, 5.41) is 5.64. The molecule has 0 aliphatic carbocycles. The van der Waals surface area contributed by atoms with E-state index in [1.165, 1.54) is 28.9 Å². The summed E-state index contributed by atoms with van der Waals surface area (Å²) in [5.41, 5.74) is 4.73. The number of imidazole rings is 2. The minimum Gasteiger partial charge on any atom is -0.453 e. The molecule has 308 valence electrons. The number of carbonyl (C=O) groups excluding carboxylic acids is 4. The molecule has 6 heterocycles. The Hall–Kier alpha value is -5.61. The van der Waals surface area contributed by atoms with Gasteiger partial charge in [-0.3, -0.25) is 9.59 Å². The van der Waals surface area contributed by atoms with Crippen LogP contribution >= 0.6 is 23.1 Å². The van der Waals surface area contributed by atoms with Crippen LogP contribution in [0, 0.1) is 5.92 Å². The molecule has 4 N–H and O–H groups in total. The fourth-order valence-electron chi connectivity index (χ4n) is 8.27. The van der Waals surface area contributed by atoms with Crippen molar-refractivity contribution in [2.75, 3.05) is 27.3 Å². The zero-order valence-corrected chi connectivity index (χ0v) is 35.0. The molecule has 4 amide bonds. The number of ether oxygens (including phenoxy) is 2. The zero-order valence-electron chi connectivity index (χ0n) is 33.4. The van der Waals surface area contributed by atoms with Gasteiger partial charge in [0, 0.05) is 46.1 Å². The fourth-order valence-corrected chi connectivity index (χ4v) is 11.0. The average Bonchev–Trinajstić information content (AvgIpc) is 4.10. The van der Waals surface area contributed by atoms with Crippen LogP contribution in [-0.4, -0.2) is 87.1 Å². The Kier molecular flexibility index (Phi) is 11.8. The molecule has 2 aromatic carbocycles. The summed E-state index contributed by atoms with van der Waals surface area (Å²) in [5.74, 6) is 1.08. The lowest BCUT2D eigenvalue weighted by Crippen LogP contribution is -2.51. The molecule has 2 saturated heterocycles. The van der Waals surface area contributed by atoms with Gasteiger partial charge in [0.25, 0.3) is 5.91 Å². The summed E-state index contributed by atoms with van der Waals surface area (Å²) in [6.45, 7) is 5.00. The Morgan fingerprint density at radius 3 is 2.08 bits per heavy atom. The standard InChI is InChI=1S/C43H48N8O6S2/c1-24(2)36(48-42(54)56-3)40(52)50-18-8-13-31(50)39-45-23-29(47-39)33-21-35-34(59-33)20-32(58-35)26-16-14-25(15-17-26)28-22-44-38(46-28)30-12-9-19-51(30)41(53)37(49-43(55)57-4)27-10-6-5-7-11-27/h5-7,10-11,14-17,20,22-24,30-31,33,36-37H,8-9,12-13,18-19,21H2,1-4H3,(H,44,46)(H,45,47)(H,48,54)(H,49,55)/t30-,31-,33?,36-,37+/m0/s1. The van der Waals surface area contributed by atoms with Gasteiger partial charge in [0.05, 0.1) is 43.4 Å². The van der Waals surface area contributed by atoms with E-state index in [0.29, 0.717) is 24.5 Å². The first kappa shape index (κ1) is 40.2. The van der Waals surface area contributed by atoms with Crippen LogP contribution in [0.3, 0.4) is 0 Å². The van der Waals surface area contributed by atoms with Gasteiger partial charge in [-0.05, 0) is 54.4 Å². The highest BCUT2D eigenvalue weighted by molar-refractivity contribution is 8.00. The Bertz CT molecular complexity index is 2280. The van der Waals surface area contributed by atoms with Gasteiger partial charge in [-0.2, -0.15) is 0 Å². The van der Waals surface area contributed by atoms with Gasteiger partial charge < -0.3 is 39.9 Å². The van der Waals surface area contributed by atoms with E-state index in [9.17, 15) is 19.2 Å². The fraction of sp³-hybridized carbons (Fsp3) is 0.395. The third-order valence-corrected chi connectivity index (χ3v) is 14.0. The van der Waals surface area contributed by atoms with E-state index in [1.54, 1.807) is 4.90 Å². The molecular weight excluding hydrogens is 789 g/mol. The number of aromatic nitrogens is 4. The number of aromatic amines is 2. The molecule has 0 saturated carbocycles. The quantitative estimate of drug-likeness (QED) is 0.104. The number of thioether (sulfide) groups is 1. The number of alkyl carbamates (subject to hydrolysis) is 2. The third kappa shape index (κ3) is 8.33. The van der Waals surface area contributed by atoms with E-state index in [0.717, 1.165) is 60.4 Å². The van der Waals surface area contributed by atoms with Crippen molar-refractivity contribution in [1.29, 1.82) is 0 Å². The van der Waals surface area contributed by atoms with Crippen molar-refractivity contribution < 1.29 is 28.7 Å². The topological polar surface area (TPSA) is 175 Å². The number of hydrogen-bond donors (Lipinski definition) is 4. The predicted molar refractivity (Wildman–Crippen MR) is 224 cm³/mol. The average molecular weight is 837 g/mol. The van der Waals surface area contributed by atoms with E-state index < -0.39 is 24.3 Å². The first-order valence-electron chi connectivity index (χ1n) is 20.0. The maximum atomic E-state index is 13.9. The summed E-state index contributed by atoms with van der Waals surface area (Å²) in [6.07, 6.45) is 6.60. The Morgan fingerprint density at radius 2 is 1.42 bits per heavy atom. The molecule has 1 unspecified atom stereocenters. The lowest BCUT2D eigenvalue weighted by molar-refractivity contribution is -0.135. The minimum absolute atomic E-state index is 0.0931. The first-order chi connectivity index (χ1) is 28.6. The monoisotopic (exact) mass is 836 g/mol. The molecule has 59 heavy (non-hydrogen) atoms. The SMILES string of the molecule is COC(=O)N[C@H](C(=O)N1CCC[C@H]1c1ncc(C2Cc3sc(-c4ccc(-c5cnc([C@@H]6CCCN6C(=O)[C@H](NC(=O)OC)c6ccccc6)[nH]5)cc4)cc3S2)[nH]1)C(C)C. The summed E-state index contributed by atoms with van der Waals surface area (Å²) >= 11 is 3.65. The van der Waals surface area contributed by atoms with Gasteiger partial charge in [-0.15, -0.1) is 23.1 Å². The number of rotatable bonds is 11. The number of hydrogen-bond acceptors (Lipinski definition) is 10. The van der Waals surface area contributed by atoms with Crippen molar-refractivity contribution >= 4 is 47.1 Å². The number of nitrogens with one attached hydrogen (secondary N) is 4. The van der Waals surface area contributed by atoms with E-state index in [-0.39, 0.29) is 35.1 Å². The molecule has 0 radical (unpaired) electrons.